The van der Waals surface area contributed by atoms with Gasteiger partial charge in [-0.3, -0.25) is 9.59 Å². The summed E-state index contributed by atoms with van der Waals surface area (Å²) >= 11 is 0. The molecule has 1 aromatic carbocycles. The number of para-hydroxylation sites is 1. The first kappa shape index (κ1) is 13.9. The third kappa shape index (κ3) is 1.69. The van der Waals surface area contributed by atoms with Crippen LogP contribution in [0.5, 0.6) is 0 Å². The van der Waals surface area contributed by atoms with Gasteiger partial charge in [0, 0.05) is 11.3 Å². The van der Waals surface area contributed by atoms with Gasteiger partial charge in [-0.05, 0) is 42.9 Å². The summed E-state index contributed by atoms with van der Waals surface area (Å²) in [5.41, 5.74) is 13.5. The molecule has 1 aliphatic carbocycles. The van der Waals surface area contributed by atoms with Crippen molar-refractivity contribution < 1.29 is 14.3 Å². The molecule has 2 heterocycles. The Hall–Kier alpha value is -2.76. The number of nitrogens with one attached hydrogen (secondary N) is 1. The number of nitrogens with two attached hydrogens (primary N) is 2. The first-order valence-corrected chi connectivity index (χ1v) is 7.68. The van der Waals surface area contributed by atoms with E-state index < -0.39 is 11.5 Å². The fourth-order valence-corrected chi connectivity index (χ4v) is 3.90. The molecule has 2 aliphatic heterocycles. The molecular weight excluding hydrogens is 294 g/mol. The van der Waals surface area contributed by atoms with Crippen LogP contribution in [0.2, 0.25) is 0 Å². The summed E-state index contributed by atoms with van der Waals surface area (Å²) in [4.78, 5) is 24.6. The van der Waals surface area contributed by atoms with Crippen LogP contribution in [0, 0.1) is 0 Å². The third-order valence-electron chi connectivity index (χ3n) is 4.82. The standard InChI is InChI=1S/C17H17N3O3/c18-14(21)13-9-5-1-2-6-10(9)17(23-15(13)19)11-7-3-4-8-12(11)20-16(17)22/h3-4,7-8H,1-2,5-6,19H2,(H2,18,21)(H,20,22). The predicted molar refractivity (Wildman–Crippen MR) is 83.7 cm³/mol. The van der Waals surface area contributed by atoms with Gasteiger partial charge in [0.1, 0.15) is 5.57 Å². The maximum absolute atomic E-state index is 12.8. The Morgan fingerprint density at radius 1 is 1.22 bits per heavy atom. The molecule has 1 spiro atoms. The lowest BCUT2D eigenvalue weighted by molar-refractivity contribution is -0.133. The number of anilines is 1. The Kier molecular flexibility index (Phi) is 2.78. The summed E-state index contributed by atoms with van der Waals surface area (Å²) < 4.78 is 5.90. The average molecular weight is 311 g/mol. The van der Waals surface area contributed by atoms with Crippen molar-refractivity contribution in [2.24, 2.45) is 11.5 Å². The van der Waals surface area contributed by atoms with Crippen LogP contribution >= 0.6 is 0 Å². The number of carbonyl (C=O) groups excluding carboxylic acids is 2. The normalized spacial score (nSPS) is 25.8. The molecule has 0 aromatic heterocycles. The molecule has 118 valence electrons. The summed E-state index contributed by atoms with van der Waals surface area (Å²) in [6.45, 7) is 0. The first-order chi connectivity index (χ1) is 11.1. The van der Waals surface area contributed by atoms with Gasteiger partial charge in [-0.15, -0.1) is 0 Å². The largest absolute Gasteiger partial charge is 0.453 e. The number of rotatable bonds is 1. The molecule has 23 heavy (non-hydrogen) atoms. The second-order valence-electron chi connectivity index (χ2n) is 6.05. The van der Waals surface area contributed by atoms with E-state index in [9.17, 15) is 9.59 Å². The monoisotopic (exact) mass is 311 g/mol. The summed E-state index contributed by atoms with van der Waals surface area (Å²) in [5.74, 6) is -0.942. The van der Waals surface area contributed by atoms with Gasteiger partial charge in [-0.25, -0.2) is 0 Å². The fraction of sp³-hybridized carbons (Fsp3) is 0.294. The van der Waals surface area contributed by atoms with E-state index in [0.29, 0.717) is 18.5 Å². The van der Waals surface area contributed by atoms with Crippen LogP contribution in [0.25, 0.3) is 0 Å². The van der Waals surface area contributed by atoms with Crippen molar-refractivity contribution in [1.29, 1.82) is 0 Å². The van der Waals surface area contributed by atoms with E-state index in [1.165, 1.54) is 0 Å². The maximum atomic E-state index is 12.8. The smallest absolute Gasteiger partial charge is 0.277 e. The summed E-state index contributed by atoms with van der Waals surface area (Å²) in [6.07, 6.45) is 3.23. The van der Waals surface area contributed by atoms with Gasteiger partial charge in [-0.1, -0.05) is 18.2 Å². The van der Waals surface area contributed by atoms with Crippen LogP contribution in [0.3, 0.4) is 0 Å². The molecule has 1 atom stereocenters. The molecule has 5 N–H and O–H groups in total. The maximum Gasteiger partial charge on any atom is 0.277 e. The number of benzene rings is 1. The van der Waals surface area contributed by atoms with Gasteiger partial charge in [0.15, 0.2) is 5.88 Å². The molecule has 6 nitrogen and oxygen atoms in total. The third-order valence-corrected chi connectivity index (χ3v) is 4.82. The molecule has 6 heteroatoms. The Balaban J connectivity index is 2.00. The lowest BCUT2D eigenvalue weighted by atomic mass is 9.74. The topological polar surface area (TPSA) is 107 Å². The van der Waals surface area contributed by atoms with E-state index in [1.54, 1.807) is 0 Å². The molecule has 3 aliphatic rings. The number of carbonyl (C=O) groups is 2. The van der Waals surface area contributed by atoms with Gasteiger partial charge in [0.2, 0.25) is 5.60 Å². The van der Waals surface area contributed by atoms with Gasteiger partial charge >= 0.3 is 0 Å². The van der Waals surface area contributed by atoms with Crippen LogP contribution in [-0.2, 0) is 19.9 Å². The molecule has 1 unspecified atom stereocenters. The molecule has 1 aromatic rings. The number of ether oxygens (including phenoxy) is 1. The minimum atomic E-state index is -1.27. The van der Waals surface area contributed by atoms with Crippen molar-refractivity contribution in [3.8, 4) is 0 Å². The number of hydrogen-bond donors (Lipinski definition) is 3. The molecular formula is C17H17N3O3. The highest BCUT2D eigenvalue weighted by molar-refractivity contribution is 6.09. The molecule has 0 bridgehead atoms. The van der Waals surface area contributed by atoms with Crippen molar-refractivity contribution in [1.82, 2.24) is 0 Å². The van der Waals surface area contributed by atoms with Crippen molar-refractivity contribution in [2.45, 2.75) is 31.3 Å². The van der Waals surface area contributed by atoms with Crippen LogP contribution in [0.1, 0.15) is 31.2 Å². The van der Waals surface area contributed by atoms with Crippen molar-refractivity contribution in [3.63, 3.8) is 0 Å². The number of fused-ring (bicyclic) bond motifs is 3. The molecule has 0 saturated carbocycles. The fourth-order valence-electron chi connectivity index (χ4n) is 3.90. The van der Waals surface area contributed by atoms with E-state index in [4.69, 9.17) is 16.2 Å². The van der Waals surface area contributed by atoms with E-state index >= 15 is 0 Å². The quantitative estimate of drug-likeness (QED) is 0.728. The zero-order chi connectivity index (χ0) is 16.2. The second kappa shape index (κ2) is 4.62. The number of amides is 2. The SMILES string of the molecule is NC(=O)C1=C(N)OC2(C(=O)Nc3ccccc32)C2=C1CCCC2. The first-order valence-electron chi connectivity index (χ1n) is 7.68. The highest BCUT2D eigenvalue weighted by Crippen LogP contribution is 2.52. The zero-order valence-corrected chi connectivity index (χ0v) is 12.5. The Morgan fingerprint density at radius 2 is 1.96 bits per heavy atom. The van der Waals surface area contributed by atoms with Crippen molar-refractivity contribution in [3.05, 3.63) is 52.4 Å². The van der Waals surface area contributed by atoms with E-state index in [1.807, 2.05) is 24.3 Å². The highest BCUT2D eigenvalue weighted by atomic mass is 16.5. The Labute approximate surface area is 133 Å². The second-order valence-corrected chi connectivity index (χ2v) is 6.05. The minimum Gasteiger partial charge on any atom is -0.453 e. The molecule has 4 rings (SSSR count). The summed E-state index contributed by atoms with van der Waals surface area (Å²) in [5, 5.41) is 2.86. The Morgan fingerprint density at radius 3 is 2.74 bits per heavy atom. The average Bonchev–Trinajstić information content (AvgIpc) is 2.80. The molecule has 2 amide bonds. The van der Waals surface area contributed by atoms with Crippen LogP contribution in [0.4, 0.5) is 5.69 Å². The summed E-state index contributed by atoms with van der Waals surface area (Å²) in [7, 11) is 0. The van der Waals surface area contributed by atoms with Crippen molar-refractivity contribution in [2.75, 3.05) is 5.32 Å². The number of hydrogen-bond acceptors (Lipinski definition) is 4. The predicted octanol–water partition coefficient (Wildman–Crippen LogP) is 1.39. The zero-order valence-electron chi connectivity index (χ0n) is 12.5. The van der Waals surface area contributed by atoms with E-state index in [-0.39, 0.29) is 17.4 Å². The summed E-state index contributed by atoms with van der Waals surface area (Å²) in [6, 6.07) is 7.40. The van der Waals surface area contributed by atoms with E-state index in [0.717, 1.165) is 29.6 Å². The van der Waals surface area contributed by atoms with Crippen LogP contribution < -0.4 is 16.8 Å². The minimum absolute atomic E-state index is 0.0648. The van der Waals surface area contributed by atoms with E-state index in [2.05, 4.69) is 5.32 Å². The lowest BCUT2D eigenvalue weighted by Gasteiger charge is -2.39. The van der Waals surface area contributed by atoms with Crippen LogP contribution in [0.15, 0.2) is 46.9 Å². The number of primary amides is 1. The Bertz CT molecular complexity index is 809. The van der Waals surface area contributed by atoms with Gasteiger partial charge in [0.05, 0.1) is 0 Å². The van der Waals surface area contributed by atoms with Gasteiger partial charge in [0.25, 0.3) is 11.8 Å². The van der Waals surface area contributed by atoms with Crippen molar-refractivity contribution >= 4 is 17.5 Å². The van der Waals surface area contributed by atoms with Crippen LogP contribution in [-0.4, -0.2) is 11.8 Å². The molecule has 0 radical (unpaired) electrons. The highest BCUT2D eigenvalue weighted by Gasteiger charge is 2.56. The van der Waals surface area contributed by atoms with Gasteiger partial charge in [-0.2, -0.15) is 0 Å². The lowest BCUT2D eigenvalue weighted by Crippen LogP contribution is -2.45. The molecule has 0 saturated heterocycles. The van der Waals surface area contributed by atoms with Gasteiger partial charge < -0.3 is 21.5 Å². The molecule has 0 fully saturated rings.